The van der Waals surface area contributed by atoms with Crippen LogP contribution in [0.15, 0.2) is 4.99 Å². The molecule has 8 nitrogen and oxygen atoms in total. The summed E-state index contributed by atoms with van der Waals surface area (Å²) in [6, 6.07) is 0.492. The number of nitrogens with zero attached hydrogens (tertiary/aromatic N) is 1. The summed E-state index contributed by atoms with van der Waals surface area (Å²) in [6.45, 7) is 0.325. The van der Waals surface area contributed by atoms with Gasteiger partial charge in [-0.05, 0) is 0 Å². The third kappa shape index (κ3) is 10.1. The number of carbonyl (C=O) groups excluding carboxylic acids is 1. The van der Waals surface area contributed by atoms with Gasteiger partial charge in [-0.1, -0.05) is 0 Å². The molecule has 19 heavy (non-hydrogen) atoms. The number of isocyanates is 1. The number of rotatable bonds is 9. The molecule has 0 fully saturated rings. The maximum atomic E-state index is 9.76. The topological polar surface area (TPSA) is 84.8 Å². The lowest BCUT2D eigenvalue weighted by Gasteiger charge is -2.22. The number of aliphatic imine (C=N–C) groups is 1. The zero-order chi connectivity index (χ0) is 15.1. The summed E-state index contributed by atoms with van der Waals surface area (Å²) in [4.78, 5) is 13.1. The van der Waals surface area contributed by atoms with Gasteiger partial charge in [-0.2, -0.15) is 0 Å². The highest BCUT2D eigenvalue weighted by Gasteiger charge is 2.36. The minimum atomic E-state index is -2.53. The van der Waals surface area contributed by atoms with Gasteiger partial charge in [0.25, 0.3) is 0 Å². The van der Waals surface area contributed by atoms with Gasteiger partial charge >= 0.3 is 18.3 Å². The Hall–Kier alpha value is -0.426. The average Bonchev–Trinajstić information content (AvgIpc) is 2.47. The summed E-state index contributed by atoms with van der Waals surface area (Å²) >= 11 is 0. The van der Waals surface area contributed by atoms with E-state index in [-0.39, 0.29) is 0 Å². The molecule has 0 aliphatic rings. The monoisotopic (exact) mass is 313 g/mol. The van der Waals surface area contributed by atoms with E-state index in [9.17, 15) is 4.79 Å². The van der Waals surface area contributed by atoms with Crippen molar-refractivity contribution in [2.24, 2.45) is 4.99 Å². The van der Waals surface area contributed by atoms with Crippen molar-refractivity contribution >= 4 is 24.4 Å². The summed E-state index contributed by atoms with van der Waals surface area (Å²) in [5.74, 6) is 0. The first-order valence-corrected chi connectivity index (χ1v) is 8.71. The molecule has 0 N–H and O–H groups in total. The first-order valence-electron chi connectivity index (χ1n) is 5.37. The van der Waals surface area contributed by atoms with Gasteiger partial charge in [-0.15, -0.1) is 0 Å². The third-order valence-electron chi connectivity index (χ3n) is 2.10. The average molecular weight is 313 g/mol. The van der Waals surface area contributed by atoms with Crippen LogP contribution in [0.25, 0.3) is 0 Å². The Morgan fingerprint density at radius 3 is 1.58 bits per heavy atom. The fourth-order valence-electron chi connectivity index (χ4n) is 1.08. The Labute approximate surface area is 117 Å². The molecular formula is C9H23NO7Si2. The standard InChI is InChI=1S/C6H13NO4Si.C3H10O3Si/c1-9-12(10-2,11-3)5-4-7-6-8;1-4-7(5-2)6-3/h4-5H2,1-3H3;7H,1-3H3. The van der Waals surface area contributed by atoms with Crippen molar-refractivity contribution < 1.29 is 31.4 Å². The lowest BCUT2D eigenvalue weighted by molar-refractivity contribution is 0.124. The van der Waals surface area contributed by atoms with E-state index in [1.54, 1.807) is 21.3 Å². The van der Waals surface area contributed by atoms with Crippen LogP contribution in [0.4, 0.5) is 0 Å². The molecule has 0 aliphatic heterocycles. The minimum Gasteiger partial charge on any atom is -0.379 e. The third-order valence-corrected chi connectivity index (χ3v) is 5.96. The van der Waals surface area contributed by atoms with Gasteiger partial charge in [0, 0.05) is 48.7 Å². The molecule has 0 aromatic heterocycles. The van der Waals surface area contributed by atoms with E-state index in [1.165, 1.54) is 27.4 Å². The van der Waals surface area contributed by atoms with Gasteiger partial charge in [0.15, 0.2) is 0 Å². The minimum absolute atomic E-state index is 0.325. The molecule has 0 heterocycles. The predicted octanol–water partition coefficient (Wildman–Crippen LogP) is -0.157. The maximum Gasteiger partial charge on any atom is 0.502 e. The predicted molar refractivity (Wildman–Crippen MR) is 72.8 cm³/mol. The Bertz CT molecular complexity index is 229. The van der Waals surface area contributed by atoms with E-state index in [2.05, 4.69) is 4.99 Å². The molecule has 0 radical (unpaired) electrons. The lowest BCUT2D eigenvalue weighted by Crippen LogP contribution is -2.43. The normalized spacial score (nSPS) is 10.7. The molecule has 0 rings (SSSR count). The van der Waals surface area contributed by atoms with Crippen molar-refractivity contribution in [2.75, 3.05) is 49.2 Å². The Morgan fingerprint density at radius 2 is 1.37 bits per heavy atom. The summed E-state index contributed by atoms with van der Waals surface area (Å²) in [5.41, 5.74) is 0. The van der Waals surface area contributed by atoms with Crippen LogP contribution in [0.1, 0.15) is 0 Å². The molecule has 0 aromatic carbocycles. The molecule has 0 bridgehead atoms. The first kappa shape index (κ1) is 20.9. The molecule has 0 amide bonds. The Balaban J connectivity index is 0. The van der Waals surface area contributed by atoms with Crippen molar-refractivity contribution in [2.45, 2.75) is 6.04 Å². The fraction of sp³-hybridized carbons (Fsp3) is 0.889. The summed E-state index contributed by atoms with van der Waals surface area (Å²) in [5, 5.41) is 0. The lowest BCUT2D eigenvalue weighted by atomic mass is 10.8. The first-order chi connectivity index (χ1) is 9.09. The second-order valence-corrected chi connectivity index (χ2v) is 8.10. The van der Waals surface area contributed by atoms with Crippen LogP contribution in [0.5, 0.6) is 0 Å². The quantitative estimate of drug-likeness (QED) is 0.332. The zero-order valence-corrected chi connectivity index (χ0v) is 14.5. The van der Waals surface area contributed by atoms with Gasteiger partial charge in [-0.25, -0.2) is 9.79 Å². The van der Waals surface area contributed by atoms with E-state index in [1.807, 2.05) is 0 Å². The van der Waals surface area contributed by atoms with Crippen molar-refractivity contribution in [3.05, 3.63) is 0 Å². The van der Waals surface area contributed by atoms with E-state index in [4.69, 9.17) is 26.6 Å². The zero-order valence-electron chi connectivity index (χ0n) is 12.3. The number of hydrogen-bond acceptors (Lipinski definition) is 8. The van der Waals surface area contributed by atoms with E-state index >= 15 is 0 Å². The van der Waals surface area contributed by atoms with Gasteiger partial charge in [0.1, 0.15) is 0 Å². The van der Waals surface area contributed by atoms with Crippen molar-refractivity contribution in [3.63, 3.8) is 0 Å². The van der Waals surface area contributed by atoms with Crippen LogP contribution in [-0.2, 0) is 31.4 Å². The van der Waals surface area contributed by atoms with Gasteiger partial charge in [0.2, 0.25) is 6.08 Å². The summed E-state index contributed by atoms with van der Waals surface area (Å²) in [7, 11) is 5.07. The van der Waals surface area contributed by atoms with Crippen LogP contribution in [0.3, 0.4) is 0 Å². The number of hydrogen-bond donors (Lipinski definition) is 0. The maximum absolute atomic E-state index is 9.76. The molecule has 0 spiro atoms. The molecular weight excluding hydrogens is 290 g/mol. The smallest absolute Gasteiger partial charge is 0.379 e. The van der Waals surface area contributed by atoms with Gasteiger partial charge < -0.3 is 26.6 Å². The molecule has 0 unspecified atom stereocenters. The SMILES string of the molecule is CO[SiH](OC)OC.CO[Si](CCN=C=O)(OC)OC. The second kappa shape index (κ2) is 14.0. The van der Waals surface area contributed by atoms with E-state index < -0.39 is 18.3 Å². The van der Waals surface area contributed by atoms with Crippen LogP contribution >= 0.6 is 0 Å². The van der Waals surface area contributed by atoms with E-state index in [0.717, 1.165) is 0 Å². The summed E-state index contributed by atoms with van der Waals surface area (Å²) in [6.07, 6.45) is 1.44. The van der Waals surface area contributed by atoms with Crippen molar-refractivity contribution in [1.82, 2.24) is 0 Å². The van der Waals surface area contributed by atoms with Gasteiger partial charge in [0.05, 0.1) is 6.54 Å². The fourth-order valence-corrected chi connectivity index (χ4v) is 3.16. The van der Waals surface area contributed by atoms with Gasteiger partial charge in [-0.3, -0.25) is 0 Å². The van der Waals surface area contributed by atoms with Crippen LogP contribution in [0, 0.1) is 0 Å². The Kier molecular flexibility index (Phi) is 15.4. The molecule has 0 saturated carbocycles. The molecule has 0 atom stereocenters. The highest BCUT2D eigenvalue weighted by molar-refractivity contribution is 6.60. The highest BCUT2D eigenvalue weighted by Crippen LogP contribution is 2.11. The molecule has 10 heteroatoms. The van der Waals surface area contributed by atoms with Crippen molar-refractivity contribution in [3.8, 4) is 0 Å². The second-order valence-electron chi connectivity index (χ2n) is 3.01. The molecule has 0 aliphatic carbocycles. The highest BCUT2D eigenvalue weighted by atomic mass is 28.4. The summed E-state index contributed by atoms with van der Waals surface area (Å²) < 4.78 is 29.5. The van der Waals surface area contributed by atoms with Crippen molar-refractivity contribution in [1.29, 1.82) is 0 Å². The van der Waals surface area contributed by atoms with E-state index in [0.29, 0.717) is 12.6 Å². The Morgan fingerprint density at radius 1 is 0.947 bits per heavy atom. The molecule has 114 valence electrons. The van der Waals surface area contributed by atoms with Crippen LogP contribution in [0.2, 0.25) is 6.04 Å². The van der Waals surface area contributed by atoms with Crippen LogP contribution < -0.4 is 0 Å². The largest absolute Gasteiger partial charge is 0.502 e. The molecule has 0 saturated heterocycles. The molecule has 0 aromatic rings. The van der Waals surface area contributed by atoms with Crippen LogP contribution in [-0.4, -0.2) is 73.6 Å².